The van der Waals surface area contributed by atoms with Gasteiger partial charge in [-0.3, -0.25) is 4.68 Å². The number of hydrogen-bond donors (Lipinski definition) is 1. The summed E-state index contributed by atoms with van der Waals surface area (Å²) in [4.78, 5) is 0. The molecule has 0 amide bonds. The lowest BCUT2D eigenvalue weighted by Crippen LogP contribution is -2.36. The van der Waals surface area contributed by atoms with E-state index in [0.29, 0.717) is 0 Å². The lowest BCUT2D eigenvalue weighted by molar-refractivity contribution is 0.431. The van der Waals surface area contributed by atoms with E-state index in [0.717, 1.165) is 25.8 Å². The van der Waals surface area contributed by atoms with Gasteiger partial charge in [-0.15, -0.1) is 0 Å². The average Bonchev–Trinajstić information content (AvgIpc) is 2.66. The molecule has 0 aliphatic rings. The van der Waals surface area contributed by atoms with E-state index >= 15 is 0 Å². The summed E-state index contributed by atoms with van der Waals surface area (Å²) in [5.41, 5.74) is 2.98. The zero-order valence-corrected chi connectivity index (χ0v) is 12.5. The highest BCUT2D eigenvalue weighted by molar-refractivity contribution is 5.06. The van der Waals surface area contributed by atoms with Crippen LogP contribution in [0.25, 0.3) is 0 Å². The smallest absolute Gasteiger partial charge is 0.0492 e. The van der Waals surface area contributed by atoms with Crippen molar-refractivity contribution in [3.05, 3.63) is 29.6 Å². The largest absolute Gasteiger partial charge is 0.312 e. The molecule has 1 rings (SSSR count). The summed E-state index contributed by atoms with van der Waals surface area (Å²) >= 11 is 0. The number of aromatic nitrogens is 2. The summed E-state index contributed by atoms with van der Waals surface area (Å²) in [6, 6.07) is 2.09. The maximum atomic E-state index is 4.18. The normalized spacial score (nSPS) is 13.1. The van der Waals surface area contributed by atoms with Crippen LogP contribution in [0.2, 0.25) is 0 Å². The van der Waals surface area contributed by atoms with Crippen molar-refractivity contribution < 1.29 is 0 Å². The number of hydrogen-bond acceptors (Lipinski definition) is 2. The van der Waals surface area contributed by atoms with Gasteiger partial charge in [0.05, 0.1) is 0 Å². The summed E-state index contributed by atoms with van der Waals surface area (Å²) in [6.07, 6.45) is 7.51. The van der Waals surface area contributed by atoms with Crippen LogP contribution < -0.4 is 5.32 Å². The van der Waals surface area contributed by atoms with Gasteiger partial charge in [-0.25, -0.2) is 0 Å². The average molecular weight is 249 g/mol. The first-order valence-electron chi connectivity index (χ1n) is 6.76. The molecule has 3 heteroatoms. The summed E-state index contributed by atoms with van der Waals surface area (Å²) in [6.45, 7) is 9.87. The molecule has 102 valence electrons. The maximum Gasteiger partial charge on any atom is 0.0492 e. The molecular formula is C15H27N3. The van der Waals surface area contributed by atoms with Crippen LogP contribution in [-0.2, 0) is 13.5 Å². The van der Waals surface area contributed by atoms with Crippen LogP contribution in [-0.4, -0.2) is 21.9 Å². The predicted molar refractivity (Wildman–Crippen MR) is 77.7 cm³/mol. The van der Waals surface area contributed by atoms with Crippen molar-refractivity contribution in [1.29, 1.82) is 0 Å². The monoisotopic (exact) mass is 249 g/mol. The van der Waals surface area contributed by atoms with Crippen LogP contribution in [0.1, 0.15) is 46.2 Å². The van der Waals surface area contributed by atoms with Gasteiger partial charge >= 0.3 is 0 Å². The number of nitrogens with one attached hydrogen (secondary N) is 1. The second-order valence-electron chi connectivity index (χ2n) is 5.96. The Morgan fingerprint density at radius 1 is 1.44 bits per heavy atom. The Morgan fingerprint density at radius 3 is 2.72 bits per heavy atom. The van der Waals surface area contributed by atoms with Gasteiger partial charge in [0.2, 0.25) is 0 Å². The quantitative estimate of drug-likeness (QED) is 0.620. The first-order chi connectivity index (χ1) is 8.38. The van der Waals surface area contributed by atoms with Crippen LogP contribution in [0.15, 0.2) is 23.9 Å². The van der Waals surface area contributed by atoms with E-state index in [2.05, 4.69) is 50.3 Å². The lowest BCUT2D eigenvalue weighted by atomic mass is 10.1. The molecule has 1 N–H and O–H groups in total. The van der Waals surface area contributed by atoms with Crippen molar-refractivity contribution in [3.63, 3.8) is 0 Å². The SMILES string of the molecule is CC(=CCCNC(C)(C)C)CCc1ccnn1C. The molecule has 0 saturated carbocycles. The Bertz CT molecular complexity index is 383. The second kappa shape index (κ2) is 6.74. The molecule has 3 nitrogen and oxygen atoms in total. The molecule has 1 aromatic rings. The van der Waals surface area contributed by atoms with Gasteiger partial charge < -0.3 is 5.32 Å². The summed E-state index contributed by atoms with van der Waals surface area (Å²) in [5, 5.41) is 7.68. The minimum absolute atomic E-state index is 0.219. The first-order valence-corrected chi connectivity index (χ1v) is 6.76. The van der Waals surface area contributed by atoms with Crippen LogP contribution >= 0.6 is 0 Å². The van der Waals surface area contributed by atoms with Crippen LogP contribution in [0.3, 0.4) is 0 Å². The van der Waals surface area contributed by atoms with Crippen molar-refractivity contribution in [2.75, 3.05) is 6.54 Å². The molecule has 18 heavy (non-hydrogen) atoms. The van der Waals surface area contributed by atoms with Crippen molar-refractivity contribution in [1.82, 2.24) is 15.1 Å². The third kappa shape index (κ3) is 6.01. The fourth-order valence-corrected chi connectivity index (χ4v) is 1.84. The molecule has 0 atom stereocenters. The Labute approximate surface area is 111 Å². The van der Waals surface area contributed by atoms with Gasteiger partial charge in [-0.1, -0.05) is 11.6 Å². The van der Waals surface area contributed by atoms with Gasteiger partial charge in [-0.2, -0.15) is 5.10 Å². The third-order valence-corrected chi connectivity index (χ3v) is 2.99. The molecule has 0 bridgehead atoms. The Balaban J connectivity index is 2.24. The van der Waals surface area contributed by atoms with E-state index in [4.69, 9.17) is 0 Å². The van der Waals surface area contributed by atoms with Gasteiger partial charge in [0.1, 0.15) is 0 Å². The highest BCUT2D eigenvalue weighted by atomic mass is 15.2. The molecule has 1 aromatic heterocycles. The van der Waals surface area contributed by atoms with Crippen LogP contribution in [0.4, 0.5) is 0 Å². The van der Waals surface area contributed by atoms with E-state index in [1.54, 1.807) is 0 Å². The minimum atomic E-state index is 0.219. The molecule has 0 aliphatic carbocycles. The van der Waals surface area contributed by atoms with Gasteiger partial charge in [0, 0.05) is 24.5 Å². The molecule has 0 aromatic carbocycles. The van der Waals surface area contributed by atoms with Gasteiger partial charge in [0.25, 0.3) is 0 Å². The van der Waals surface area contributed by atoms with Gasteiger partial charge in [0.15, 0.2) is 0 Å². The van der Waals surface area contributed by atoms with Crippen molar-refractivity contribution in [2.24, 2.45) is 7.05 Å². The molecule has 0 radical (unpaired) electrons. The minimum Gasteiger partial charge on any atom is -0.312 e. The number of allylic oxidation sites excluding steroid dienone is 1. The number of aryl methyl sites for hydroxylation is 2. The topological polar surface area (TPSA) is 29.9 Å². The predicted octanol–water partition coefficient (Wildman–Crippen LogP) is 3.08. The van der Waals surface area contributed by atoms with Crippen LogP contribution in [0, 0.1) is 0 Å². The highest BCUT2D eigenvalue weighted by Gasteiger charge is 2.06. The van der Waals surface area contributed by atoms with E-state index in [1.807, 2.05) is 17.9 Å². The molecule has 0 spiro atoms. The van der Waals surface area contributed by atoms with Crippen molar-refractivity contribution in [3.8, 4) is 0 Å². The zero-order chi connectivity index (χ0) is 13.6. The zero-order valence-electron chi connectivity index (χ0n) is 12.5. The van der Waals surface area contributed by atoms with E-state index < -0.39 is 0 Å². The standard InChI is InChI=1S/C15H27N3/c1-13(7-6-11-16-15(2,3)4)8-9-14-10-12-17-18(14)5/h7,10,12,16H,6,8-9,11H2,1-5H3. The molecular weight excluding hydrogens is 222 g/mol. The Hall–Kier alpha value is -1.09. The van der Waals surface area contributed by atoms with Crippen molar-refractivity contribution in [2.45, 2.75) is 52.5 Å². The summed E-state index contributed by atoms with van der Waals surface area (Å²) < 4.78 is 1.95. The van der Waals surface area contributed by atoms with Crippen LogP contribution in [0.5, 0.6) is 0 Å². The fraction of sp³-hybridized carbons (Fsp3) is 0.667. The maximum absolute atomic E-state index is 4.18. The van der Waals surface area contributed by atoms with E-state index in [9.17, 15) is 0 Å². The van der Waals surface area contributed by atoms with Crippen molar-refractivity contribution >= 4 is 0 Å². The van der Waals surface area contributed by atoms with E-state index in [1.165, 1.54) is 11.3 Å². The summed E-state index contributed by atoms with van der Waals surface area (Å²) in [7, 11) is 2.00. The second-order valence-corrected chi connectivity index (χ2v) is 5.96. The molecule has 0 fully saturated rings. The molecule has 0 saturated heterocycles. The lowest BCUT2D eigenvalue weighted by Gasteiger charge is -2.19. The highest BCUT2D eigenvalue weighted by Crippen LogP contribution is 2.08. The Kier molecular flexibility index (Phi) is 5.60. The number of rotatable bonds is 6. The van der Waals surface area contributed by atoms with Gasteiger partial charge in [-0.05, 0) is 59.6 Å². The van der Waals surface area contributed by atoms with E-state index in [-0.39, 0.29) is 5.54 Å². The molecule has 0 unspecified atom stereocenters. The third-order valence-electron chi connectivity index (χ3n) is 2.99. The fourth-order valence-electron chi connectivity index (χ4n) is 1.84. The number of nitrogens with zero attached hydrogens (tertiary/aromatic N) is 2. The Morgan fingerprint density at radius 2 is 2.17 bits per heavy atom. The molecule has 0 aliphatic heterocycles. The molecule has 1 heterocycles. The summed E-state index contributed by atoms with van der Waals surface area (Å²) in [5.74, 6) is 0. The first kappa shape index (κ1) is 15.0.